The third kappa shape index (κ3) is 6.65. The lowest BCUT2D eigenvalue weighted by atomic mass is 10.2. The van der Waals surface area contributed by atoms with E-state index in [1.807, 2.05) is 20.8 Å². The average molecular weight is 294 g/mol. The molecule has 0 aromatic heterocycles. The van der Waals surface area contributed by atoms with Crippen LogP contribution in [0.4, 0.5) is 10.5 Å². The van der Waals surface area contributed by atoms with E-state index in [9.17, 15) is 9.59 Å². The number of hydrogen-bond acceptors (Lipinski definition) is 3. The van der Waals surface area contributed by atoms with Crippen molar-refractivity contribution in [2.24, 2.45) is 0 Å². The molecule has 0 aliphatic carbocycles. The number of rotatable bonds is 5. The molecule has 0 bridgehead atoms. The number of carboxylic acid groups (broad SMARTS) is 1. The summed E-state index contributed by atoms with van der Waals surface area (Å²) in [4.78, 5) is 23.6. The summed E-state index contributed by atoms with van der Waals surface area (Å²) < 4.78 is 5.69. The second kappa shape index (κ2) is 6.97. The van der Waals surface area contributed by atoms with Crippen LogP contribution >= 0.6 is 0 Å². The second-order valence-corrected chi connectivity index (χ2v) is 5.73. The van der Waals surface area contributed by atoms with Crippen molar-refractivity contribution in [1.29, 1.82) is 0 Å². The number of amides is 2. The van der Waals surface area contributed by atoms with Crippen molar-refractivity contribution in [2.45, 2.75) is 32.8 Å². The standard InChI is InChI=1S/C15H22N2O4/c1-15(2,3)21-12-7-5-11(6-8-12)16-14(20)17(4)10-9-13(18)19/h5-8H,9-10H2,1-4H3,(H,16,20)(H,18,19). The normalized spacial score (nSPS) is 10.9. The fourth-order valence-corrected chi connectivity index (χ4v) is 1.54. The van der Waals surface area contributed by atoms with Gasteiger partial charge < -0.3 is 20.1 Å². The molecule has 2 amide bonds. The van der Waals surface area contributed by atoms with Crippen LogP contribution in [0, 0.1) is 0 Å². The molecular weight excluding hydrogens is 272 g/mol. The van der Waals surface area contributed by atoms with Crippen molar-refractivity contribution < 1.29 is 19.4 Å². The highest BCUT2D eigenvalue weighted by Crippen LogP contribution is 2.20. The quantitative estimate of drug-likeness (QED) is 0.875. The summed E-state index contributed by atoms with van der Waals surface area (Å²) in [5, 5.41) is 11.3. The molecule has 6 nitrogen and oxygen atoms in total. The number of ether oxygens (including phenoxy) is 1. The molecular formula is C15H22N2O4. The van der Waals surface area contributed by atoms with Gasteiger partial charge in [-0.15, -0.1) is 0 Å². The Morgan fingerprint density at radius 1 is 1.24 bits per heavy atom. The van der Waals surface area contributed by atoms with E-state index in [-0.39, 0.29) is 24.6 Å². The maximum atomic E-state index is 11.8. The molecule has 1 rings (SSSR count). The maximum Gasteiger partial charge on any atom is 0.321 e. The zero-order valence-corrected chi connectivity index (χ0v) is 12.8. The first kappa shape index (κ1) is 16.8. The molecule has 0 saturated carbocycles. The van der Waals surface area contributed by atoms with Crippen LogP contribution in [0.3, 0.4) is 0 Å². The van der Waals surface area contributed by atoms with Gasteiger partial charge in [-0.25, -0.2) is 4.79 Å². The fraction of sp³-hybridized carbons (Fsp3) is 0.467. The van der Waals surface area contributed by atoms with Crippen molar-refractivity contribution in [3.63, 3.8) is 0 Å². The summed E-state index contributed by atoms with van der Waals surface area (Å²) in [6.07, 6.45) is -0.0811. The van der Waals surface area contributed by atoms with E-state index in [4.69, 9.17) is 9.84 Å². The number of nitrogens with zero attached hydrogens (tertiary/aromatic N) is 1. The minimum absolute atomic E-state index is 0.0811. The number of aliphatic carboxylic acids is 1. The van der Waals surface area contributed by atoms with Gasteiger partial charge in [-0.1, -0.05) is 0 Å². The van der Waals surface area contributed by atoms with Crippen LogP contribution < -0.4 is 10.1 Å². The topological polar surface area (TPSA) is 78.9 Å². The first-order chi connectivity index (χ1) is 9.67. The van der Waals surface area contributed by atoms with Gasteiger partial charge in [0.25, 0.3) is 0 Å². The smallest absolute Gasteiger partial charge is 0.321 e. The van der Waals surface area contributed by atoms with Crippen LogP contribution in [-0.4, -0.2) is 41.2 Å². The van der Waals surface area contributed by atoms with E-state index in [0.29, 0.717) is 5.69 Å². The van der Waals surface area contributed by atoms with E-state index in [0.717, 1.165) is 5.75 Å². The van der Waals surface area contributed by atoms with Crippen molar-refractivity contribution in [2.75, 3.05) is 18.9 Å². The van der Waals surface area contributed by atoms with Crippen LogP contribution in [0.25, 0.3) is 0 Å². The lowest BCUT2D eigenvalue weighted by molar-refractivity contribution is -0.137. The summed E-state index contributed by atoms with van der Waals surface area (Å²) in [5.74, 6) is -0.210. The minimum atomic E-state index is -0.932. The van der Waals surface area contributed by atoms with Crippen LogP contribution in [0.2, 0.25) is 0 Å². The summed E-state index contributed by atoms with van der Waals surface area (Å²) >= 11 is 0. The van der Waals surface area contributed by atoms with Crippen molar-refractivity contribution in [3.8, 4) is 5.75 Å². The number of carboxylic acids is 1. The number of carbonyl (C=O) groups excluding carboxylic acids is 1. The number of urea groups is 1. The molecule has 0 radical (unpaired) electrons. The van der Waals surface area contributed by atoms with Crippen LogP contribution in [0.15, 0.2) is 24.3 Å². The van der Waals surface area contributed by atoms with Gasteiger partial charge in [0, 0.05) is 19.3 Å². The zero-order chi connectivity index (χ0) is 16.0. The highest BCUT2D eigenvalue weighted by molar-refractivity contribution is 5.89. The van der Waals surface area contributed by atoms with Gasteiger partial charge in [0.1, 0.15) is 11.4 Å². The Morgan fingerprint density at radius 2 is 1.81 bits per heavy atom. The SMILES string of the molecule is CN(CCC(=O)O)C(=O)Nc1ccc(OC(C)(C)C)cc1. The first-order valence-corrected chi connectivity index (χ1v) is 6.70. The Hall–Kier alpha value is -2.24. The Morgan fingerprint density at radius 3 is 2.29 bits per heavy atom. The molecule has 0 aliphatic rings. The van der Waals surface area contributed by atoms with Crippen LogP contribution in [0.5, 0.6) is 5.75 Å². The molecule has 116 valence electrons. The molecule has 2 N–H and O–H groups in total. The molecule has 0 saturated heterocycles. The maximum absolute atomic E-state index is 11.8. The monoisotopic (exact) mass is 294 g/mol. The van der Waals surface area contributed by atoms with Gasteiger partial charge in [-0.2, -0.15) is 0 Å². The van der Waals surface area contributed by atoms with Crippen molar-refractivity contribution in [1.82, 2.24) is 4.90 Å². The number of nitrogens with one attached hydrogen (secondary N) is 1. The van der Waals surface area contributed by atoms with E-state index in [1.54, 1.807) is 31.3 Å². The Bertz CT molecular complexity index is 491. The lowest BCUT2D eigenvalue weighted by Crippen LogP contribution is -2.33. The summed E-state index contributed by atoms with van der Waals surface area (Å²) in [6.45, 7) is 6.03. The Kier molecular flexibility index (Phi) is 5.58. The predicted octanol–water partition coefficient (Wildman–Crippen LogP) is 2.80. The summed E-state index contributed by atoms with van der Waals surface area (Å²) in [7, 11) is 1.55. The van der Waals surface area contributed by atoms with Gasteiger partial charge in [0.2, 0.25) is 0 Å². The molecule has 0 spiro atoms. The predicted molar refractivity (Wildman–Crippen MR) is 80.7 cm³/mol. The second-order valence-electron chi connectivity index (χ2n) is 5.73. The average Bonchev–Trinajstić information content (AvgIpc) is 2.36. The Balaban J connectivity index is 2.55. The third-order valence-electron chi connectivity index (χ3n) is 2.54. The number of anilines is 1. The third-order valence-corrected chi connectivity index (χ3v) is 2.54. The molecule has 0 unspecified atom stereocenters. The van der Waals surface area contributed by atoms with E-state index in [1.165, 1.54) is 4.90 Å². The molecule has 1 aromatic carbocycles. The highest BCUT2D eigenvalue weighted by Gasteiger charge is 2.13. The molecule has 0 heterocycles. The Labute approximate surface area is 124 Å². The first-order valence-electron chi connectivity index (χ1n) is 6.70. The summed E-state index contributed by atoms with van der Waals surface area (Å²) in [5.41, 5.74) is 0.352. The molecule has 1 aromatic rings. The highest BCUT2D eigenvalue weighted by atomic mass is 16.5. The minimum Gasteiger partial charge on any atom is -0.488 e. The van der Waals surface area contributed by atoms with Crippen LogP contribution in [0.1, 0.15) is 27.2 Å². The number of hydrogen-bond donors (Lipinski definition) is 2. The number of carbonyl (C=O) groups is 2. The van der Waals surface area contributed by atoms with E-state index >= 15 is 0 Å². The van der Waals surface area contributed by atoms with Crippen molar-refractivity contribution in [3.05, 3.63) is 24.3 Å². The van der Waals surface area contributed by atoms with Gasteiger partial charge in [0.05, 0.1) is 6.42 Å². The van der Waals surface area contributed by atoms with Gasteiger partial charge in [-0.05, 0) is 45.0 Å². The zero-order valence-electron chi connectivity index (χ0n) is 12.8. The van der Waals surface area contributed by atoms with Crippen LogP contribution in [-0.2, 0) is 4.79 Å². The fourth-order valence-electron chi connectivity index (χ4n) is 1.54. The number of benzene rings is 1. The molecule has 0 fully saturated rings. The molecule has 0 aliphatic heterocycles. The van der Waals surface area contributed by atoms with E-state index in [2.05, 4.69) is 5.32 Å². The summed E-state index contributed by atoms with van der Waals surface area (Å²) in [6, 6.07) is 6.69. The molecule has 0 atom stereocenters. The molecule has 6 heteroatoms. The van der Waals surface area contributed by atoms with Gasteiger partial charge in [0.15, 0.2) is 0 Å². The van der Waals surface area contributed by atoms with Crippen molar-refractivity contribution >= 4 is 17.7 Å². The lowest BCUT2D eigenvalue weighted by Gasteiger charge is -2.21. The van der Waals surface area contributed by atoms with E-state index < -0.39 is 5.97 Å². The largest absolute Gasteiger partial charge is 0.488 e. The van der Waals surface area contributed by atoms with Gasteiger partial charge >= 0.3 is 12.0 Å². The molecule has 21 heavy (non-hydrogen) atoms. The van der Waals surface area contributed by atoms with Gasteiger partial charge in [-0.3, -0.25) is 4.79 Å².